The van der Waals surface area contributed by atoms with Crippen molar-refractivity contribution in [3.63, 3.8) is 0 Å². The lowest BCUT2D eigenvalue weighted by Crippen LogP contribution is -2.44. The summed E-state index contributed by atoms with van der Waals surface area (Å²) in [6.07, 6.45) is -1.16. The zero-order valence-electron chi connectivity index (χ0n) is 14.2. The van der Waals surface area contributed by atoms with Crippen molar-refractivity contribution >= 4 is 17.9 Å². The molecule has 0 saturated heterocycles. The van der Waals surface area contributed by atoms with Gasteiger partial charge in [-0.3, -0.25) is 10.1 Å². The number of rotatable bonds is 5. The molecule has 3 amide bonds. The molecule has 2 N–H and O–H groups in total. The number of aromatic nitrogens is 1. The summed E-state index contributed by atoms with van der Waals surface area (Å²) >= 11 is 0. The van der Waals surface area contributed by atoms with Gasteiger partial charge in [-0.15, -0.1) is 0 Å². The number of aryl methyl sites for hydroxylation is 1. The van der Waals surface area contributed by atoms with Crippen LogP contribution >= 0.6 is 0 Å². The number of urea groups is 1. The van der Waals surface area contributed by atoms with Gasteiger partial charge in [0.1, 0.15) is 5.76 Å². The lowest BCUT2D eigenvalue weighted by molar-refractivity contribution is -0.127. The first-order valence-electron chi connectivity index (χ1n) is 7.75. The van der Waals surface area contributed by atoms with Crippen molar-refractivity contribution in [2.75, 3.05) is 6.54 Å². The van der Waals surface area contributed by atoms with Crippen molar-refractivity contribution < 1.29 is 23.5 Å². The number of esters is 1. The minimum Gasteiger partial charge on any atom is -0.448 e. The normalized spacial score (nSPS) is 11.5. The van der Waals surface area contributed by atoms with Crippen molar-refractivity contribution in [1.82, 2.24) is 15.6 Å². The van der Waals surface area contributed by atoms with Crippen LogP contribution in [0.15, 0.2) is 34.7 Å². The second kappa shape index (κ2) is 8.09. The van der Waals surface area contributed by atoms with Crippen LogP contribution in [0.3, 0.4) is 0 Å². The number of nitrogens with zero attached hydrogens (tertiary/aromatic N) is 1. The molecule has 0 bridgehead atoms. The van der Waals surface area contributed by atoms with E-state index in [1.807, 2.05) is 18.2 Å². The molecule has 0 fully saturated rings. The number of benzene rings is 1. The maximum atomic E-state index is 12.2. The molecule has 0 spiro atoms. The summed E-state index contributed by atoms with van der Waals surface area (Å²) < 4.78 is 10.5. The third-order valence-corrected chi connectivity index (χ3v) is 3.24. The Hall–Kier alpha value is -3.16. The zero-order valence-corrected chi connectivity index (χ0v) is 14.2. The quantitative estimate of drug-likeness (QED) is 0.802. The summed E-state index contributed by atoms with van der Waals surface area (Å²) in [5, 5.41) is 4.48. The van der Waals surface area contributed by atoms with Gasteiger partial charge in [-0.2, -0.15) is 0 Å². The van der Waals surface area contributed by atoms with Crippen LogP contribution in [0.4, 0.5) is 4.79 Å². The van der Waals surface area contributed by atoms with E-state index in [0.717, 1.165) is 0 Å². The van der Waals surface area contributed by atoms with Gasteiger partial charge in [0.05, 0.1) is 0 Å². The molecule has 0 saturated carbocycles. The average Bonchev–Trinajstić information content (AvgIpc) is 2.97. The fraction of sp³-hybridized carbons (Fsp3) is 0.294. The van der Waals surface area contributed by atoms with Gasteiger partial charge >= 0.3 is 12.0 Å². The summed E-state index contributed by atoms with van der Waals surface area (Å²) in [5.74, 6) is -0.977. The van der Waals surface area contributed by atoms with E-state index in [0.29, 0.717) is 12.1 Å². The van der Waals surface area contributed by atoms with Crippen molar-refractivity contribution in [1.29, 1.82) is 0 Å². The van der Waals surface area contributed by atoms with E-state index in [2.05, 4.69) is 15.6 Å². The molecular formula is C17H19N3O5. The van der Waals surface area contributed by atoms with Crippen molar-refractivity contribution in [3.05, 3.63) is 41.8 Å². The molecule has 2 rings (SSSR count). The second-order valence-electron chi connectivity index (χ2n) is 5.19. The van der Waals surface area contributed by atoms with E-state index < -0.39 is 24.0 Å². The highest BCUT2D eigenvalue weighted by Gasteiger charge is 2.25. The minimum absolute atomic E-state index is 0.0171. The Morgan fingerprint density at radius 2 is 1.92 bits per heavy atom. The number of carbonyl (C=O) groups excluding carboxylic acids is 3. The Bertz CT molecular complexity index is 770. The van der Waals surface area contributed by atoms with Crippen molar-refractivity contribution in [3.8, 4) is 11.5 Å². The van der Waals surface area contributed by atoms with Crippen LogP contribution in [0.1, 0.15) is 30.1 Å². The Kier molecular flexibility index (Phi) is 5.89. The molecule has 8 heteroatoms. The number of ether oxygens (including phenoxy) is 1. The standard InChI is InChI=1S/C17H19N3O5/c1-4-18-17(23)20-14(21)11(3)25-16(22)13-10(2)24-15(19-13)12-8-6-5-7-9-12/h5-9,11H,4H2,1-3H3,(H2,18,20,21,23)/t11-/m0/s1. The van der Waals surface area contributed by atoms with Gasteiger partial charge in [0.25, 0.3) is 5.91 Å². The highest BCUT2D eigenvalue weighted by molar-refractivity contribution is 5.98. The van der Waals surface area contributed by atoms with E-state index >= 15 is 0 Å². The molecule has 0 unspecified atom stereocenters. The number of imide groups is 1. The Balaban J connectivity index is 2.04. The van der Waals surface area contributed by atoms with E-state index in [4.69, 9.17) is 9.15 Å². The van der Waals surface area contributed by atoms with Crippen molar-refractivity contribution in [2.45, 2.75) is 26.9 Å². The molecule has 1 atom stereocenters. The number of carbonyl (C=O) groups is 3. The van der Waals surface area contributed by atoms with Crippen LogP contribution in [0.25, 0.3) is 11.5 Å². The molecule has 1 aromatic heterocycles. The SMILES string of the molecule is CCNC(=O)NC(=O)[C@H](C)OC(=O)c1nc(-c2ccccc2)oc1C. The monoisotopic (exact) mass is 345 g/mol. The summed E-state index contributed by atoms with van der Waals surface area (Å²) in [7, 11) is 0. The molecule has 0 aliphatic heterocycles. The van der Waals surface area contributed by atoms with Gasteiger partial charge in [0.2, 0.25) is 5.89 Å². The fourth-order valence-electron chi connectivity index (χ4n) is 1.98. The predicted molar refractivity (Wildman–Crippen MR) is 88.8 cm³/mol. The highest BCUT2D eigenvalue weighted by Crippen LogP contribution is 2.22. The fourth-order valence-corrected chi connectivity index (χ4v) is 1.98. The topological polar surface area (TPSA) is 111 Å². The lowest BCUT2D eigenvalue weighted by atomic mass is 10.2. The summed E-state index contributed by atoms with van der Waals surface area (Å²) in [6, 6.07) is 8.43. The van der Waals surface area contributed by atoms with Crippen LogP contribution in [0.2, 0.25) is 0 Å². The summed E-state index contributed by atoms with van der Waals surface area (Å²) in [5.41, 5.74) is 0.697. The Morgan fingerprint density at radius 3 is 2.56 bits per heavy atom. The third kappa shape index (κ3) is 4.66. The maximum absolute atomic E-state index is 12.2. The highest BCUT2D eigenvalue weighted by atomic mass is 16.5. The van der Waals surface area contributed by atoms with E-state index in [9.17, 15) is 14.4 Å². The number of hydrogen-bond acceptors (Lipinski definition) is 6. The predicted octanol–water partition coefficient (Wildman–Crippen LogP) is 2.04. The first kappa shape index (κ1) is 18.2. The molecule has 132 valence electrons. The van der Waals surface area contributed by atoms with Gasteiger partial charge in [-0.25, -0.2) is 14.6 Å². The van der Waals surface area contributed by atoms with Gasteiger partial charge in [0.15, 0.2) is 11.8 Å². The molecular weight excluding hydrogens is 326 g/mol. The number of nitrogens with one attached hydrogen (secondary N) is 2. The second-order valence-corrected chi connectivity index (χ2v) is 5.19. The number of hydrogen-bond donors (Lipinski definition) is 2. The van der Waals surface area contributed by atoms with Gasteiger partial charge in [-0.1, -0.05) is 18.2 Å². The van der Waals surface area contributed by atoms with Crippen LogP contribution in [-0.2, 0) is 9.53 Å². The molecule has 0 aliphatic rings. The Morgan fingerprint density at radius 1 is 1.24 bits per heavy atom. The van der Waals surface area contributed by atoms with Crippen LogP contribution < -0.4 is 10.6 Å². The molecule has 1 aromatic carbocycles. The van der Waals surface area contributed by atoms with E-state index in [1.54, 1.807) is 26.0 Å². The Labute approximate surface area is 144 Å². The molecule has 8 nitrogen and oxygen atoms in total. The molecule has 0 aliphatic carbocycles. The summed E-state index contributed by atoms with van der Waals surface area (Å²) in [6.45, 7) is 5.02. The first-order chi connectivity index (χ1) is 11.9. The van der Waals surface area contributed by atoms with Crippen LogP contribution in [0.5, 0.6) is 0 Å². The van der Waals surface area contributed by atoms with Crippen LogP contribution in [0, 0.1) is 6.92 Å². The number of amides is 3. The zero-order chi connectivity index (χ0) is 18.4. The molecule has 2 aromatic rings. The van der Waals surface area contributed by atoms with Crippen LogP contribution in [-0.4, -0.2) is 35.5 Å². The maximum Gasteiger partial charge on any atom is 0.361 e. The molecule has 1 heterocycles. The molecule has 0 radical (unpaired) electrons. The van der Waals surface area contributed by atoms with E-state index in [1.165, 1.54) is 6.92 Å². The molecule has 25 heavy (non-hydrogen) atoms. The van der Waals surface area contributed by atoms with Gasteiger partial charge in [-0.05, 0) is 32.9 Å². The number of oxazole rings is 1. The lowest BCUT2D eigenvalue weighted by Gasteiger charge is -2.12. The summed E-state index contributed by atoms with van der Waals surface area (Å²) in [4.78, 5) is 39.5. The van der Waals surface area contributed by atoms with E-state index in [-0.39, 0.29) is 17.3 Å². The van der Waals surface area contributed by atoms with Gasteiger partial charge in [0, 0.05) is 12.1 Å². The first-order valence-corrected chi connectivity index (χ1v) is 7.75. The average molecular weight is 345 g/mol. The third-order valence-electron chi connectivity index (χ3n) is 3.24. The minimum atomic E-state index is -1.16. The smallest absolute Gasteiger partial charge is 0.361 e. The van der Waals surface area contributed by atoms with Gasteiger partial charge < -0.3 is 14.5 Å². The van der Waals surface area contributed by atoms with Crippen molar-refractivity contribution in [2.24, 2.45) is 0 Å². The largest absolute Gasteiger partial charge is 0.448 e.